The van der Waals surface area contributed by atoms with E-state index in [2.05, 4.69) is 25.8 Å². The number of thioether (sulfide) groups is 1. The first-order chi connectivity index (χ1) is 16.0. The van der Waals surface area contributed by atoms with Gasteiger partial charge in [0.1, 0.15) is 5.25 Å². The van der Waals surface area contributed by atoms with Gasteiger partial charge < -0.3 is 20.4 Å². The van der Waals surface area contributed by atoms with E-state index in [4.69, 9.17) is 4.74 Å². The Morgan fingerprint density at radius 1 is 1.18 bits per heavy atom. The van der Waals surface area contributed by atoms with Gasteiger partial charge >= 0.3 is 5.97 Å². The van der Waals surface area contributed by atoms with Gasteiger partial charge in [0.15, 0.2) is 5.17 Å². The van der Waals surface area contributed by atoms with Crippen LogP contribution in [0.4, 0.5) is 5.69 Å². The first kappa shape index (κ1) is 22.3. The lowest BCUT2D eigenvalue weighted by Crippen LogP contribution is -2.28. The zero-order valence-corrected chi connectivity index (χ0v) is 18.5. The second-order valence-electron chi connectivity index (χ2n) is 7.09. The number of ether oxygens (including phenoxy) is 1. The maximum Gasteiger partial charge on any atom is 0.338 e. The average Bonchev–Trinajstić information content (AvgIpc) is 3.37. The molecule has 168 valence electrons. The summed E-state index contributed by atoms with van der Waals surface area (Å²) in [7, 11) is 0. The summed E-state index contributed by atoms with van der Waals surface area (Å²) in [5.41, 5.74) is 2.80. The molecule has 4 rings (SSSR count). The van der Waals surface area contributed by atoms with Gasteiger partial charge in [-0.3, -0.25) is 9.59 Å². The number of aromatic amines is 1. The van der Waals surface area contributed by atoms with Crippen molar-refractivity contribution in [3.05, 3.63) is 65.9 Å². The number of hydrogen-bond acceptors (Lipinski definition) is 7. The van der Waals surface area contributed by atoms with Crippen LogP contribution in [0.1, 0.15) is 29.3 Å². The van der Waals surface area contributed by atoms with Gasteiger partial charge in [-0.1, -0.05) is 30.0 Å². The van der Waals surface area contributed by atoms with E-state index in [1.807, 2.05) is 30.5 Å². The molecule has 9 nitrogen and oxygen atoms in total. The number of carbonyl (C=O) groups is 3. The summed E-state index contributed by atoms with van der Waals surface area (Å²) in [6.07, 6.45) is 3.42. The number of esters is 1. The molecule has 1 aliphatic heterocycles. The summed E-state index contributed by atoms with van der Waals surface area (Å²) in [4.78, 5) is 39.4. The van der Waals surface area contributed by atoms with Crippen LogP contribution >= 0.6 is 11.8 Å². The Kier molecular flexibility index (Phi) is 6.84. The molecule has 2 amide bonds. The number of hydrogen-bond donors (Lipinski definition) is 3. The highest BCUT2D eigenvalue weighted by atomic mass is 32.2. The predicted octanol–water partition coefficient (Wildman–Crippen LogP) is 3.29. The molecule has 3 N–H and O–H groups in total. The zero-order chi connectivity index (χ0) is 23.2. The van der Waals surface area contributed by atoms with Gasteiger partial charge in [0.05, 0.1) is 18.4 Å². The molecule has 33 heavy (non-hydrogen) atoms. The normalized spacial score (nSPS) is 16.9. The Morgan fingerprint density at radius 3 is 2.76 bits per heavy atom. The number of carbonyl (C=O) groups excluding carboxylic acids is 3. The lowest BCUT2D eigenvalue weighted by Gasteiger charge is -2.08. The maximum atomic E-state index is 12.4. The van der Waals surface area contributed by atoms with E-state index in [-0.39, 0.29) is 24.8 Å². The molecular formula is C23H21N5O4S. The number of amidine groups is 1. The van der Waals surface area contributed by atoms with Crippen LogP contribution < -0.4 is 10.6 Å². The van der Waals surface area contributed by atoms with Gasteiger partial charge in [-0.05, 0) is 37.3 Å². The van der Waals surface area contributed by atoms with E-state index in [0.29, 0.717) is 16.4 Å². The van der Waals surface area contributed by atoms with Gasteiger partial charge in [-0.25, -0.2) is 4.79 Å². The maximum absolute atomic E-state index is 12.4. The summed E-state index contributed by atoms with van der Waals surface area (Å²) in [6, 6.07) is 14.2. The summed E-state index contributed by atoms with van der Waals surface area (Å²) in [5.74, 6) is -1.04. The summed E-state index contributed by atoms with van der Waals surface area (Å²) in [6.45, 7) is 2.02. The first-order valence-corrected chi connectivity index (χ1v) is 11.1. The van der Waals surface area contributed by atoms with E-state index in [1.165, 1.54) is 0 Å². The minimum atomic E-state index is -0.606. The van der Waals surface area contributed by atoms with Crippen LogP contribution in [0.25, 0.3) is 10.9 Å². The Bertz CT molecular complexity index is 1250. The molecule has 1 atom stereocenters. The highest BCUT2D eigenvalue weighted by Crippen LogP contribution is 2.23. The molecule has 1 fully saturated rings. The Morgan fingerprint density at radius 2 is 1.97 bits per heavy atom. The lowest BCUT2D eigenvalue weighted by atomic mass is 10.2. The number of rotatable bonds is 7. The monoisotopic (exact) mass is 463 g/mol. The zero-order valence-electron chi connectivity index (χ0n) is 17.7. The number of nitrogens with zero attached hydrogens (tertiary/aromatic N) is 2. The van der Waals surface area contributed by atoms with Crippen molar-refractivity contribution in [2.75, 3.05) is 11.9 Å². The fourth-order valence-electron chi connectivity index (χ4n) is 3.22. The minimum absolute atomic E-state index is 0.0265. The largest absolute Gasteiger partial charge is 0.462 e. The SMILES string of the molecule is CCOC(=O)c1ccc(NC(=O)CC2SC(=NN=Cc3c[nH]c4ccccc34)NC2=O)cc1. The van der Waals surface area contributed by atoms with Crippen molar-refractivity contribution in [2.45, 2.75) is 18.6 Å². The molecule has 2 heterocycles. The summed E-state index contributed by atoms with van der Waals surface area (Å²) >= 11 is 1.16. The second-order valence-corrected chi connectivity index (χ2v) is 8.28. The van der Waals surface area contributed by atoms with Crippen molar-refractivity contribution in [3.63, 3.8) is 0 Å². The minimum Gasteiger partial charge on any atom is -0.462 e. The van der Waals surface area contributed by atoms with Crippen molar-refractivity contribution < 1.29 is 19.1 Å². The Balaban J connectivity index is 1.31. The summed E-state index contributed by atoms with van der Waals surface area (Å²) < 4.78 is 4.93. The fraction of sp³-hybridized carbons (Fsp3) is 0.174. The van der Waals surface area contributed by atoms with Gasteiger partial charge in [-0.2, -0.15) is 5.10 Å². The molecule has 1 aromatic heterocycles. The van der Waals surface area contributed by atoms with Gasteiger partial charge in [0.25, 0.3) is 0 Å². The molecule has 3 aromatic rings. The molecule has 0 spiro atoms. The second kappa shape index (κ2) is 10.1. The molecule has 2 aromatic carbocycles. The topological polar surface area (TPSA) is 125 Å². The number of amides is 2. The molecule has 1 saturated heterocycles. The van der Waals surface area contributed by atoms with Crippen LogP contribution in [0.3, 0.4) is 0 Å². The van der Waals surface area contributed by atoms with Crippen molar-refractivity contribution in [1.29, 1.82) is 0 Å². The third kappa shape index (κ3) is 5.47. The molecule has 0 radical (unpaired) electrons. The fourth-order valence-corrected chi connectivity index (χ4v) is 4.14. The van der Waals surface area contributed by atoms with Crippen LogP contribution in [0.15, 0.2) is 64.9 Å². The lowest BCUT2D eigenvalue weighted by molar-refractivity contribution is -0.122. The molecular weight excluding hydrogens is 442 g/mol. The Labute approximate surface area is 193 Å². The number of para-hydroxylation sites is 1. The number of nitrogens with one attached hydrogen (secondary N) is 3. The van der Waals surface area contributed by atoms with Crippen molar-refractivity contribution in [3.8, 4) is 0 Å². The number of benzene rings is 2. The van der Waals surface area contributed by atoms with Crippen LogP contribution in [-0.4, -0.2) is 46.0 Å². The Hall–Kier alpha value is -3.92. The van der Waals surface area contributed by atoms with Crippen LogP contribution in [0.2, 0.25) is 0 Å². The third-order valence-corrected chi connectivity index (χ3v) is 5.87. The van der Waals surface area contributed by atoms with Gasteiger partial charge in [0, 0.05) is 34.8 Å². The van der Waals surface area contributed by atoms with Crippen molar-refractivity contribution in [1.82, 2.24) is 10.3 Å². The van der Waals surface area contributed by atoms with Crippen molar-refractivity contribution in [2.24, 2.45) is 10.2 Å². The van der Waals surface area contributed by atoms with E-state index in [1.54, 1.807) is 37.4 Å². The molecule has 0 saturated carbocycles. The smallest absolute Gasteiger partial charge is 0.338 e. The summed E-state index contributed by atoms with van der Waals surface area (Å²) in [5, 5.41) is 14.3. The molecule has 0 bridgehead atoms. The molecule has 10 heteroatoms. The standard InChI is InChI=1S/C23H21N5O4S/c1-2-32-22(31)14-7-9-16(10-8-14)26-20(29)11-19-21(30)27-23(33-19)28-25-13-15-12-24-18-6-4-3-5-17(15)18/h3-10,12-13,19,24H,2,11H2,1H3,(H,26,29)(H,27,28,30). The highest BCUT2D eigenvalue weighted by Gasteiger charge is 2.32. The van der Waals surface area contributed by atoms with Crippen molar-refractivity contribution >= 4 is 57.5 Å². The van der Waals surface area contributed by atoms with E-state index in [0.717, 1.165) is 28.2 Å². The van der Waals surface area contributed by atoms with E-state index in [9.17, 15) is 14.4 Å². The first-order valence-electron chi connectivity index (χ1n) is 10.2. The number of fused-ring (bicyclic) bond motifs is 1. The number of aromatic nitrogens is 1. The van der Waals surface area contributed by atoms with Gasteiger partial charge in [-0.15, -0.1) is 5.10 Å². The predicted molar refractivity (Wildman–Crippen MR) is 128 cm³/mol. The number of anilines is 1. The highest BCUT2D eigenvalue weighted by molar-refractivity contribution is 8.15. The van der Waals surface area contributed by atoms with Crippen LogP contribution in [-0.2, 0) is 14.3 Å². The number of H-pyrrole nitrogens is 1. The van der Waals surface area contributed by atoms with Gasteiger partial charge in [0.2, 0.25) is 11.8 Å². The molecule has 1 aliphatic rings. The quantitative estimate of drug-likeness (QED) is 0.282. The van der Waals surface area contributed by atoms with E-state index < -0.39 is 11.2 Å². The van der Waals surface area contributed by atoms with Crippen LogP contribution in [0, 0.1) is 0 Å². The molecule has 1 unspecified atom stereocenters. The molecule has 0 aliphatic carbocycles. The average molecular weight is 464 g/mol. The van der Waals surface area contributed by atoms with Crippen LogP contribution in [0.5, 0.6) is 0 Å². The van der Waals surface area contributed by atoms with E-state index >= 15 is 0 Å². The third-order valence-electron chi connectivity index (χ3n) is 4.79.